The number of hydrogen-bond acceptors (Lipinski definition) is 3. The maximum absolute atomic E-state index is 6.10. The van der Waals surface area contributed by atoms with E-state index in [0.29, 0.717) is 6.04 Å². The third-order valence-corrected chi connectivity index (χ3v) is 3.46. The van der Waals surface area contributed by atoms with Gasteiger partial charge in [0, 0.05) is 12.2 Å². The first-order chi connectivity index (χ1) is 7.76. The highest BCUT2D eigenvalue weighted by molar-refractivity contribution is 5.11. The van der Waals surface area contributed by atoms with Gasteiger partial charge < -0.3 is 9.47 Å². The molecule has 1 fully saturated rings. The minimum Gasteiger partial charge on any atom is -0.339 e. The number of rotatable bonds is 2. The lowest BCUT2D eigenvalue weighted by Gasteiger charge is -2.27. The first-order valence-corrected chi connectivity index (χ1v) is 6.18. The highest BCUT2D eigenvalue weighted by atomic mass is 16.8. The predicted octanol–water partition coefficient (Wildman–Crippen LogP) is 2.85. The van der Waals surface area contributed by atoms with E-state index in [1.165, 1.54) is 0 Å². The Labute approximate surface area is 103 Å². The van der Waals surface area contributed by atoms with Crippen molar-refractivity contribution in [2.24, 2.45) is 0 Å². The van der Waals surface area contributed by atoms with Gasteiger partial charge in [0.25, 0.3) is 0 Å². The average Bonchev–Trinajstić information content (AvgIpc) is 2.70. The number of ether oxygens (including phenoxy) is 2. The Bertz CT molecular complexity index is 411. The molecule has 4 heteroatoms. The lowest BCUT2D eigenvalue weighted by molar-refractivity contribution is -0.184. The molecule has 17 heavy (non-hydrogen) atoms. The molecule has 4 nitrogen and oxygen atoms in total. The minimum atomic E-state index is -0.705. The van der Waals surface area contributed by atoms with Crippen molar-refractivity contribution in [3.8, 4) is 0 Å². The van der Waals surface area contributed by atoms with Crippen LogP contribution < -0.4 is 0 Å². The summed E-state index contributed by atoms with van der Waals surface area (Å²) in [5.74, 6) is -0.705. The van der Waals surface area contributed by atoms with Crippen LogP contribution in [0.1, 0.15) is 53.3 Å². The van der Waals surface area contributed by atoms with Gasteiger partial charge in [-0.2, -0.15) is 5.10 Å². The Morgan fingerprint density at radius 3 is 2.47 bits per heavy atom. The molecule has 0 spiro atoms. The van der Waals surface area contributed by atoms with Gasteiger partial charge in [-0.25, -0.2) is 0 Å². The highest BCUT2D eigenvalue weighted by Crippen LogP contribution is 2.42. The van der Waals surface area contributed by atoms with Crippen LogP contribution in [0, 0.1) is 0 Å². The second-order valence-corrected chi connectivity index (χ2v) is 5.67. The van der Waals surface area contributed by atoms with Crippen molar-refractivity contribution >= 4 is 0 Å². The molecule has 1 saturated heterocycles. The summed E-state index contributed by atoms with van der Waals surface area (Å²) in [6, 6.07) is 2.26. The SMILES string of the molecule is CC(C)n1nccc1C1(C)OC(C)C(C)(C)O1. The quantitative estimate of drug-likeness (QED) is 0.795. The van der Waals surface area contributed by atoms with Gasteiger partial charge in [0.1, 0.15) is 0 Å². The largest absolute Gasteiger partial charge is 0.339 e. The van der Waals surface area contributed by atoms with Crippen LogP contribution in [0.25, 0.3) is 0 Å². The van der Waals surface area contributed by atoms with E-state index < -0.39 is 5.79 Å². The van der Waals surface area contributed by atoms with Crippen LogP contribution in [0.3, 0.4) is 0 Å². The highest BCUT2D eigenvalue weighted by Gasteiger charge is 2.50. The monoisotopic (exact) mass is 238 g/mol. The zero-order valence-corrected chi connectivity index (χ0v) is 11.5. The van der Waals surface area contributed by atoms with E-state index in [-0.39, 0.29) is 11.7 Å². The fraction of sp³-hybridized carbons (Fsp3) is 0.769. The fourth-order valence-corrected chi connectivity index (χ4v) is 2.29. The zero-order valence-electron chi connectivity index (χ0n) is 11.5. The first-order valence-electron chi connectivity index (χ1n) is 6.18. The van der Waals surface area contributed by atoms with Gasteiger partial charge in [0.15, 0.2) is 0 Å². The molecule has 2 unspecified atom stereocenters. The van der Waals surface area contributed by atoms with Gasteiger partial charge in [-0.1, -0.05) is 0 Å². The second kappa shape index (κ2) is 3.82. The molecule has 0 amide bonds. The molecule has 2 atom stereocenters. The summed E-state index contributed by atoms with van der Waals surface area (Å²) < 4.78 is 14.1. The summed E-state index contributed by atoms with van der Waals surface area (Å²) in [5.41, 5.74) is 0.700. The maximum atomic E-state index is 6.10. The van der Waals surface area contributed by atoms with E-state index in [1.54, 1.807) is 6.20 Å². The molecule has 1 aromatic heterocycles. The third-order valence-electron chi connectivity index (χ3n) is 3.46. The van der Waals surface area contributed by atoms with Gasteiger partial charge in [0.05, 0.1) is 17.4 Å². The van der Waals surface area contributed by atoms with Crippen LogP contribution in [0.15, 0.2) is 12.3 Å². The Balaban J connectivity index is 2.37. The van der Waals surface area contributed by atoms with Crippen molar-refractivity contribution in [3.05, 3.63) is 18.0 Å². The number of nitrogens with zero attached hydrogens (tertiary/aromatic N) is 2. The van der Waals surface area contributed by atoms with E-state index in [2.05, 4.69) is 32.8 Å². The van der Waals surface area contributed by atoms with E-state index in [1.807, 2.05) is 24.6 Å². The van der Waals surface area contributed by atoms with Gasteiger partial charge >= 0.3 is 0 Å². The van der Waals surface area contributed by atoms with Crippen molar-refractivity contribution in [1.29, 1.82) is 0 Å². The topological polar surface area (TPSA) is 36.3 Å². The van der Waals surface area contributed by atoms with Gasteiger partial charge in [-0.15, -0.1) is 0 Å². The molecule has 0 aliphatic carbocycles. The predicted molar refractivity (Wildman–Crippen MR) is 65.7 cm³/mol. The van der Waals surface area contributed by atoms with Crippen molar-refractivity contribution < 1.29 is 9.47 Å². The summed E-state index contributed by atoms with van der Waals surface area (Å²) in [7, 11) is 0. The Hall–Kier alpha value is -0.870. The molecule has 0 bridgehead atoms. The summed E-state index contributed by atoms with van der Waals surface area (Å²) >= 11 is 0. The lowest BCUT2D eigenvalue weighted by Crippen LogP contribution is -2.32. The zero-order chi connectivity index (χ0) is 12.8. The van der Waals surface area contributed by atoms with Crippen molar-refractivity contribution in [1.82, 2.24) is 9.78 Å². The van der Waals surface area contributed by atoms with Crippen LogP contribution in [-0.4, -0.2) is 21.5 Å². The van der Waals surface area contributed by atoms with Crippen LogP contribution >= 0.6 is 0 Å². The van der Waals surface area contributed by atoms with Crippen LogP contribution in [0.5, 0.6) is 0 Å². The molecular formula is C13H22N2O2. The fourth-order valence-electron chi connectivity index (χ4n) is 2.29. The molecule has 1 aliphatic rings. The third kappa shape index (κ3) is 2.00. The maximum Gasteiger partial charge on any atom is 0.209 e. The molecule has 0 saturated carbocycles. The summed E-state index contributed by atoms with van der Waals surface area (Å²) in [6.45, 7) is 12.3. The summed E-state index contributed by atoms with van der Waals surface area (Å²) in [6.07, 6.45) is 1.85. The van der Waals surface area contributed by atoms with E-state index >= 15 is 0 Å². The molecule has 0 aromatic carbocycles. The summed E-state index contributed by atoms with van der Waals surface area (Å²) in [5, 5.41) is 4.33. The standard InChI is InChI=1S/C13H22N2O2/c1-9(2)15-11(7-8-14-15)13(6)16-10(3)12(4,5)17-13/h7-10H,1-6H3. The van der Waals surface area contributed by atoms with E-state index in [9.17, 15) is 0 Å². The lowest BCUT2D eigenvalue weighted by atomic mass is 10.0. The average molecular weight is 238 g/mol. The van der Waals surface area contributed by atoms with Gasteiger partial charge in [-0.3, -0.25) is 4.68 Å². The summed E-state index contributed by atoms with van der Waals surface area (Å²) in [4.78, 5) is 0. The van der Waals surface area contributed by atoms with Crippen LogP contribution in [0.2, 0.25) is 0 Å². The molecule has 2 rings (SSSR count). The first kappa shape index (κ1) is 12.6. The molecule has 0 N–H and O–H groups in total. The normalized spacial score (nSPS) is 32.3. The van der Waals surface area contributed by atoms with E-state index in [0.717, 1.165) is 5.69 Å². The van der Waals surface area contributed by atoms with Crippen LogP contribution in [-0.2, 0) is 15.3 Å². The van der Waals surface area contributed by atoms with Crippen molar-refractivity contribution in [2.75, 3.05) is 0 Å². The smallest absolute Gasteiger partial charge is 0.209 e. The molecule has 96 valence electrons. The second-order valence-electron chi connectivity index (χ2n) is 5.67. The molecular weight excluding hydrogens is 216 g/mol. The molecule has 2 heterocycles. The molecule has 1 aromatic rings. The van der Waals surface area contributed by atoms with Crippen molar-refractivity contribution in [2.45, 2.75) is 65.1 Å². The molecule has 1 aliphatic heterocycles. The van der Waals surface area contributed by atoms with Crippen LogP contribution in [0.4, 0.5) is 0 Å². The van der Waals surface area contributed by atoms with Crippen molar-refractivity contribution in [3.63, 3.8) is 0 Å². The Morgan fingerprint density at radius 1 is 1.35 bits per heavy atom. The van der Waals surface area contributed by atoms with Gasteiger partial charge in [-0.05, 0) is 47.6 Å². The number of aromatic nitrogens is 2. The Kier molecular flexibility index (Phi) is 2.83. The van der Waals surface area contributed by atoms with E-state index in [4.69, 9.17) is 9.47 Å². The molecule has 0 radical (unpaired) electrons. The number of hydrogen-bond donors (Lipinski definition) is 0. The minimum absolute atomic E-state index is 0.0583. The van der Waals surface area contributed by atoms with Gasteiger partial charge in [0.2, 0.25) is 5.79 Å². The Morgan fingerprint density at radius 2 is 2.00 bits per heavy atom.